The Balaban J connectivity index is 2.61. The van der Waals surface area contributed by atoms with Crippen LogP contribution in [0.4, 0.5) is 10.3 Å². The summed E-state index contributed by atoms with van der Waals surface area (Å²) in [5, 5.41) is 2.88. The summed E-state index contributed by atoms with van der Waals surface area (Å²) < 4.78 is 13.6. The van der Waals surface area contributed by atoms with Crippen molar-refractivity contribution in [2.45, 2.75) is 19.8 Å². The molecule has 0 atom stereocenters. The number of hydrogen-bond donors (Lipinski definition) is 2. The monoisotopic (exact) mass is 288 g/mol. The van der Waals surface area contributed by atoms with Gasteiger partial charge in [0.05, 0.1) is 11.3 Å². The number of rotatable bonds is 4. The molecule has 1 aromatic heterocycles. The summed E-state index contributed by atoms with van der Waals surface area (Å²) >= 11 is 0. The summed E-state index contributed by atoms with van der Waals surface area (Å²) in [4.78, 5) is 19.9. The SMILES string of the molecule is CNc1ncc(-c2ccc(F)c(C(N)=O)c2)c(C(C)C)n1. The number of hydrogen-bond acceptors (Lipinski definition) is 4. The molecule has 2 aromatic rings. The van der Waals surface area contributed by atoms with Gasteiger partial charge in [-0.25, -0.2) is 14.4 Å². The van der Waals surface area contributed by atoms with Crippen LogP contribution in [0.5, 0.6) is 0 Å². The second-order valence-electron chi connectivity index (χ2n) is 4.96. The van der Waals surface area contributed by atoms with E-state index in [1.807, 2.05) is 13.8 Å². The Labute approximate surface area is 122 Å². The van der Waals surface area contributed by atoms with Crippen LogP contribution in [0.2, 0.25) is 0 Å². The van der Waals surface area contributed by atoms with Gasteiger partial charge in [-0.1, -0.05) is 19.9 Å². The topological polar surface area (TPSA) is 80.9 Å². The second-order valence-corrected chi connectivity index (χ2v) is 4.96. The fraction of sp³-hybridized carbons (Fsp3) is 0.267. The van der Waals surface area contributed by atoms with E-state index in [0.29, 0.717) is 11.5 Å². The van der Waals surface area contributed by atoms with Gasteiger partial charge >= 0.3 is 0 Å². The molecule has 5 nitrogen and oxygen atoms in total. The molecule has 0 saturated heterocycles. The van der Waals surface area contributed by atoms with Crippen molar-refractivity contribution in [3.05, 3.63) is 41.5 Å². The van der Waals surface area contributed by atoms with Gasteiger partial charge in [0.25, 0.3) is 5.91 Å². The molecule has 0 unspecified atom stereocenters. The van der Waals surface area contributed by atoms with Crippen LogP contribution in [0.15, 0.2) is 24.4 Å². The zero-order chi connectivity index (χ0) is 15.6. The van der Waals surface area contributed by atoms with Crippen molar-refractivity contribution in [1.29, 1.82) is 0 Å². The molecule has 0 aliphatic carbocycles. The molecule has 0 fully saturated rings. The minimum Gasteiger partial charge on any atom is -0.366 e. The number of primary amides is 1. The van der Waals surface area contributed by atoms with Crippen LogP contribution in [-0.4, -0.2) is 22.9 Å². The molecule has 1 amide bonds. The van der Waals surface area contributed by atoms with Crippen LogP contribution >= 0.6 is 0 Å². The van der Waals surface area contributed by atoms with Gasteiger partial charge in [0.15, 0.2) is 0 Å². The predicted octanol–water partition coefficient (Wildman–Crippen LogP) is 2.55. The Bertz CT molecular complexity index is 685. The third-order valence-corrected chi connectivity index (χ3v) is 3.13. The van der Waals surface area contributed by atoms with E-state index < -0.39 is 11.7 Å². The first-order valence-electron chi connectivity index (χ1n) is 6.58. The molecular weight excluding hydrogens is 271 g/mol. The van der Waals surface area contributed by atoms with Crippen molar-refractivity contribution >= 4 is 11.9 Å². The lowest BCUT2D eigenvalue weighted by molar-refractivity contribution is 0.0996. The van der Waals surface area contributed by atoms with Gasteiger partial charge in [-0.3, -0.25) is 4.79 Å². The van der Waals surface area contributed by atoms with Crippen molar-refractivity contribution in [3.63, 3.8) is 0 Å². The van der Waals surface area contributed by atoms with Crippen LogP contribution in [0.25, 0.3) is 11.1 Å². The van der Waals surface area contributed by atoms with E-state index in [1.54, 1.807) is 19.3 Å². The molecule has 1 heterocycles. The van der Waals surface area contributed by atoms with Gasteiger partial charge in [-0.15, -0.1) is 0 Å². The average Bonchev–Trinajstić information content (AvgIpc) is 2.46. The molecule has 0 bridgehead atoms. The number of aromatic nitrogens is 2. The fourth-order valence-corrected chi connectivity index (χ4v) is 2.06. The lowest BCUT2D eigenvalue weighted by atomic mass is 9.97. The van der Waals surface area contributed by atoms with Gasteiger partial charge in [-0.2, -0.15) is 0 Å². The largest absolute Gasteiger partial charge is 0.366 e. The maximum atomic E-state index is 13.6. The number of amides is 1. The standard InChI is InChI=1S/C15H17FN4O/c1-8(2)13-11(7-19-15(18-3)20-13)9-4-5-12(16)10(6-9)14(17)21/h4-8H,1-3H3,(H2,17,21)(H,18,19,20). The van der Waals surface area contributed by atoms with Crippen molar-refractivity contribution in [3.8, 4) is 11.1 Å². The second kappa shape index (κ2) is 5.87. The molecule has 0 aliphatic rings. The highest BCUT2D eigenvalue weighted by molar-refractivity contribution is 5.94. The van der Waals surface area contributed by atoms with Crippen molar-refractivity contribution in [1.82, 2.24) is 9.97 Å². The van der Waals surface area contributed by atoms with Gasteiger partial charge in [0.2, 0.25) is 5.95 Å². The van der Waals surface area contributed by atoms with E-state index in [-0.39, 0.29) is 11.5 Å². The summed E-state index contributed by atoms with van der Waals surface area (Å²) in [5.41, 5.74) is 7.28. The molecule has 2 rings (SSSR count). The zero-order valence-electron chi connectivity index (χ0n) is 12.1. The number of nitrogens with one attached hydrogen (secondary N) is 1. The highest BCUT2D eigenvalue weighted by Crippen LogP contribution is 2.29. The number of carbonyl (C=O) groups is 1. The van der Waals surface area contributed by atoms with Gasteiger partial charge in [0.1, 0.15) is 5.82 Å². The quantitative estimate of drug-likeness (QED) is 0.906. The first-order chi connectivity index (χ1) is 9.93. The van der Waals surface area contributed by atoms with Gasteiger partial charge in [-0.05, 0) is 23.6 Å². The minimum atomic E-state index is -0.798. The summed E-state index contributed by atoms with van der Waals surface area (Å²) in [6.45, 7) is 4.01. The van der Waals surface area contributed by atoms with Crippen LogP contribution < -0.4 is 11.1 Å². The van der Waals surface area contributed by atoms with Crippen molar-refractivity contribution in [2.75, 3.05) is 12.4 Å². The first kappa shape index (κ1) is 14.9. The molecule has 0 radical (unpaired) electrons. The molecule has 6 heteroatoms. The lowest BCUT2D eigenvalue weighted by Crippen LogP contribution is -2.13. The molecule has 3 N–H and O–H groups in total. The predicted molar refractivity (Wildman–Crippen MR) is 79.6 cm³/mol. The number of halogens is 1. The van der Waals surface area contributed by atoms with Crippen LogP contribution in [0, 0.1) is 5.82 Å². The van der Waals surface area contributed by atoms with Crippen molar-refractivity contribution in [2.24, 2.45) is 5.73 Å². The molecular formula is C15H17FN4O. The number of nitrogens with zero attached hydrogens (tertiary/aromatic N) is 2. The van der Waals surface area contributed by atoms with E-state index in [0.717, 1.165) is 11.3 Å². The van der Waals surface area contributed by atoms with Crippen molar-refractivity contribution < 1.29 is 9.18 Å². The van der Waals surface area contributed by atoms with Crippen LogP contribution in [-0.2, 0) is 0 Å². The number of anilines is 1. The third kappa shape index (κ3) is 2.99. The smallest absolute Gasteiger partial charge is 0.251 e. The van der Waals surface area contributed by atoms with Gasteiger partial charge in [0, 0.05) is 18.8 Å². The van der Waals surface area contributed by atoms with E-state index in [9.17, 15) is 9.18 Å². The summed E-state index contributed by atoms with van der Waals surface area (Å²) in [7, 11) is 1.74. The van der Waals surface area contributed by atoms with E-state index in [2.05, 4.69) is 15.3 Å². The Morgan fingerprint density at radius 2 is 2.10 bits per heavy atom. The normalized spacial score (nSPS) is 10.7. The van der Waals surface area contributed by atoms with Gasteiger partial charge < -0.3 is 11.1 Å². The molecule has 110 valence electrons. The average molecular weight is 288 g/mol. The summed E-state index contributed by atoms with van der Waals surface area (Å²) in [6.07, 6.45) is 1.66. The van der Waals surface area contributed by atoms with E-state index >= 15 is 0 Å². The molecule has 21 heavy (non-hydrogen) atoms. The molecule has 0 spiro atoms. The fourth-order valence-electron chi connectivity index (χ4n) is 2.06. The number of carbonyl (C=O) groups excluding carboxylic acids is 1. The Hall–Kier alpha value is -2.50. The minimum absolute atomic E-state index is 0.139. The Kier molecular flexibility index (Phi) is 4.16. The lowest BCUT2D eigenvalue weighted by Gasteiger charge is -2.13. The maximum Gasteiger partial charge on any atom is 0.251 e. The summed E-state index contributed by atoms with van der Waals surface area (Å²) in [5.74, 6) is -0.768. The van der Waals surface area contributed by atoms with Crippen LogP contribution in [0.1, 0.15) is 35.8 Å². The highest BCUT2D eigenvalue weighted by atomic mass is 19.1. The molecule has 0 saturated carbocycles. The zero-order valence-corrected chi connectivity index (χ0v) is 12.1. The van der Waals surface area contributed by atoms with E-state index in [1.165, 1.54) is 12.1 Å². The van der Waals surface area contributed by atoms with Crippen LogP contribution in [0.3, 0.4) is 0 Å². The highest BCUT2D eigenvalue weighted by Gasteiger charge is 2.15. The maximum absolute atomic E-state index is 13.6. The summed E-state index contributed by atoms with van der Waals surface area (Å²) in [6, 6.07) is 4.25. The molecule has 1 aromatic carbocycles. The number of nitrogens with two attached hydrogens (primary N) is 1. The first-order valence-corrected chi connectivity index (χ1v) is 6.58. The van der Waals surface area contributed by atoms with E-state index in [4.69, 9.17) is 5.73 Å². The Morgan fingerprint density at radius 1 is 1.38 bits per heavy atom. The third-order valence-electron chi connectivity index (χ3n) is 3.13. The molecule has 0 aliphatic heterocycles. The Morgan fingerprint density at radius 3 is 2.67 bits per heavy atom. The number of benzene rings is 1.